The summed E-state index contributed by atoms with van der Waals surface area (Å²) in [6.45, 7) is 8.68. The first-order chi connectivity index (χ1) is 8.54. The van der Waals surface area contributed by atoms with Gasteiger partial charge < -0.3 is 10.1 Å². The van der Waals surface area contributed by atoms with Crippen molar-refractivity contribution < 1.29 is 13.2 Å². The van der Waals surface area contributed by atoms with E-state index < -0.39 is 15.3 Å². The van der Waals surface area contributed by atoms with Crippen LogP contribution < -0.4 is 10.0 Å². The smallest absolute Gasteiger partial charge is 0.215 e. The largest absolute Gasteiger partial charge is 0.380 e. The van der Waals surface area contributed by atoms with Crippen LogP contribution in [0.2, 0.25) is 0 Å². The van der Waals surface area contributed by atoms with Gasteiger partial charge in [0, 0.05) is 19.7 Å². The van der Waals surface area contributed by atoms with E-state index in [1.807, 2.05) is 0 Å². The maximum Gasteiger partial charge on any atom is 0.215 e. The minimum atomic E-state index is -3.23. The lowest BCUT2D eigenvalue weighted by Gasteiger charge is -2.14. The number of ether oxygens (including phenoxy) is 1. The average molecular weight is 280 g/mol. The van der Waals surface area contributed by atoms with Crippen molar-refractivity contribution >= 4 is 10.0 Å². The molecule has 0 fully saturated rings. The molecule has 0 aromatic rings. The zero-order valence-corrected chi connectivity index (χ0v) is 12.7. The molecule has 1 unspecified atom stereocenters. The van der Waals surface area contributed by atoms with Crippen LogP contribution in [0.3, 0.4) is 0 Å². The van der Waals surface area contributed by atoms with Crippen molar-refractivity contribution in [2.24, 2.45) is 0 Å². The number of sulfonamides is 1. The van der Waals surface area contributed by atoms with Crippen LogP contribution >= 0.6 is 0 Å². The summed E-state index contributed by atoms with van der Waals surface area (Å²) in [5.41, 5.74) is 0. The zero-order chi connectivity index (χ0) is 13.9. The number of unbranched alkanes of at least 4 members (excludes halogenated alkanes) is 1. The molecule has 0 rings (SSSR count). The van der Waals surface area contributed by atoms with E-state index in [0.29, 0.717) is 26.3 Å². The third kappa shape index (κ3) is 8.85. The van der Waals surface area contributed by atoms with Crippen molar-refractivity contribution in [2.45, 2.75) is 45.3 Å². The molecule has 0 radical (unpaired) electrons. The van der Waals surface area contributed by atoms with Crippen LogP contribution in [0.4, 0.5) is 0 Å². The fraction of sp³-hybridized carbons (Fsp3) is 1.00. The highest BCUT2D eigenvalue weighted by Gasteiger charge is 2.19. The number of hydrogen-bond acceptors (Lipinski definition) is 4. The van der Waals surface area contributed by atoms with Crippen molar-refractivity contribution in [1.29, 1.82) is 0 Å². The number of nitrogens with one attached hydrogen (secondary N) is 2. The van der Waals surface area contributed by atoms with Crippen molar-refractivity contribution in [3.8, 4) is 0 Å². The predicted molar refractivity (Wildman–Crippen MR) is 75.3 cm³/mol. The van der Waals surface area contributed by atoms with Gasteiger partial charge >= 0.3 is 0 Å². The van der Waals surface area contributed by atoms with Crippen molar-refractivity contribution in [2.75, 3.05) is 32.8 Å². The molecule has 0 aromatic heterocycles. The normalized spacial score (nSPS) is 13.7. The van der Waals surface area contributed by atoms with Gasteiger partial charge in [-0.1, -0.05) is 20.3 Å². The van der Waals surface area contributed by atoms with Gasteiger partial charge in [-0.3, -0.25) is 0 Å². The van der Waals surface area contributed by atoms with Crippen LogP contribution in [-0.2, 0) is 14.8 Å². The molecule has 6 heteroatoms. The Bertz CT molecular complexity index is 281. The molecular weight excluding hydrogens is 252 g/mol. The molecule has 0 saturated heterocycles. The summed E-state index contributed by atoms with van der Waals surface area (Å²) < 4.78 is 31.5. The van der Waals surface area contributed by atoms with Gasteiger partial charge in [0.05, 0.1) is 11.9 Å². The van der Waals surface area contributed by atoms with E-state index in [0.717, 1.165) is 25.8 Å². The molecule has 0 aliphatic rings. The highest BCUT2D eigenvalue weighted by Crippen LogP contribution is 1.96. The van der Waals surface area contributed by atoms with Gasteiger partial charge in [0.2, 0.25) is 10.0 Å². The van der Waals surface area contributed by atoms with E-state index in [-0.39, 0.29) is 0 Å². The van der Waals surface area contributed by atoms with E-state index in [1.54, 1.807) is 6.92 Å². The molecule has 1 atom stereocenters. The average Bonchev–Trinajstić information content (AvgIpc) is 2.33. The van der Waals surface area contributed by atoms with Crippen LogP contribution in [-0.4, -0.2) is 46.5 Å². The second-order valence-electron chi connectivity index (χ2n) is 4.42. The zero-order valence-electron chi connectivity index (χ0n) is 11.9. The Morgan fingerprint density at radius 1 is 1.11 bits per heavy atom. The standard InChI is InChI=1S/C12H28N2O3S/c1-4-6-9-17-10-8-14-18(15,16)12(3)11-13-7-5-2/h12-14H,4-11H2,1-3H3. The first kappa shape index (κ1) is 17.8. The summed E-state index contributed by atoms with van der Waals surface area (Å²) in [4.78, 5) is 0. The van der Waals surface area contributed by atoms with Crippen molar-refractivity contribution in [3.63, 3.8) is 0 Å². The summed E-state index contributed by atoms with van der Waals surface area (Å²) >= 11 is 0. The van der Waals surface area contributed by atoms with Gasteiger partial charge in [-0.2, -0.15) is 0 Å². The lowest BCUT2D eigenvalue weighted by atomic mass is 10.4. The van der Waals surface area contributed by atoms with Crippen LogP contribution in [0.1, 0.15) is 40.0 Å². The molecule has 0 aliphatic carbocycles. The summed E-state index contributed by atoms with van der Waals surface area (Å²) in [7, 11) is -3.23. The van der Waals surface area contributed by atoms with Crippen LogP contribution in [0, 0.1) is 0 Å². The van der Waals surface area contributed by atoms with E-state index in [1.165, 1.54) is 0 Å². The summed E-state index contributed by atoms with van der Waals surface area (Å²) in [5.74, 6) is 0. The maximum atomic E-state index is 11.8. The van der Waals surface area contributed by atoms with Crippen LogP contribution in [0.5, 0.6) is 0 Å². The Hall–Kier alpha value is -0.170. The Labute approximate surface area is 112 Å². The molecule has 0 bridgehead atoms. The molecule has 0 saturated carbocycles. The quantitative estimate of drug-likeness (QED) is 0.526. The second kappa shape index (κ2) is 10.7. The lowest BCUT2D eigenvalue weighted by Crippen LogP contribution is -2.40. The third-order valence-corrected chi connectivity index (χ3v) is 4.41. The predicted octanol–water partition coefficient (Wildman–Crippen LogP) is 1.11. The van der Waals surface area contributed by atoms with Crippen LogP contribution in [0.15, 0.2) is 0 Å². The summed E-state index contributed by atoms with van der Waals surface area (Å²) in [6.07, 6.45) is 3.11. The van der Waals surface area contributed by atoms with E-state index in [2.05, 4.69) is 23.9 Å². The second-order valence-corrected chi connectivity index (χ2v) is 6.60. The topological polar surface area (TPSA) is 67.4 Å². The van der Waals surface area contributed by atoms with Crippen LogP contribution in [0.25, 0.3) is 0 Å². The molecule has 18 heavy (non-hydrogen) atoms. The molecule has 0 amide bonds. The Kier molecular flexibility index (Phi) is 10.6. The van der Waals surface area contributed by atoms with E-state index in [4.69, 9.17) is 4.74 Å². The van der Waals surface area contributed by atoms with Crippen molar-refractivity contribution in [3.05, 3.63) is 0 Å². The molecule has 0 spiro atoms. The van der Waals surface area contributed by atoms with Gasteiger partial charge in [-0.15, -0.1) is 0 Å². The van der Waals surface area contributed by atoms with Gasteiger partial charge in [0.25, 0.3) is 0 Å². The van der Waals surface area contributed by atoms with Gasteiger partial charge in [0.1, 0.15) is 0 Å². The Morgan fingerprint density at radius 3 is 2.44 bits per heavy atom. The first-order valence-electron chi connectivity index (χ1n) is 6.81. The molecule has 0 heterocycles. The van der Waals surface area contributed by atoms with E-state index in [9.17, 15) is 8.42 Å². The summed E-state index contributed by atoms with van der Waals surface area (Å²) in [6, 6.07) is 0. The minimum Gasteiger partial charge on any atom is -0.380 e. The highest BCUT2D eigenvalue weighted by molar-refractivity contribution is 7.90. The number of hydrogen-bond donors (Lipinski definition) is 2. The molecule has 5 nitrogen and oxygen atoms in total. The molecule has 0 aromatic carbocycles. The first-order valence-corrected chi connectivity index (χ1v) is 8.36. The fourth-order valence-corrected chi connectivity index (χ4v) is 2.33. The molecule has 0 aliphatic heterocycles. The summed E-state index contributed by atoms with van der Waals surface area (Å²) in [5, 5.41) is 2.69. The third-order valence-electron chi connectivity index (χ3n) is 2.58. The molecule has 110 valence electrons. The lowest BCUT2D eigenvalue weighted by molar-refractivity contribution is 0.136. The van der Waals surface area contributed by atoms with E-state index >= 15 is 0 Å². The Morgan fingerprint density at radius 2 is 1.83 bits per heavy atom. The molecular formula is C12H28N2O3S. The van der Waals surface area contributed by atoms with Gasteiger partial charge in [-0.05, 0) is 26.3 Å². The van der Waals surface area contributed by atoms with Gasteiger partial charge in [0.15, 0.2) is 0 Å². The monoisotopic (exact) mass is 280 g/mol. The van der Waals surface area contributed by atoms with Crippen molar-refractivity contribution in [1.82, 2.24) is 10.0 Å². The fourth-order valence-electron chi connectivity index (χ4n) is 1.34. The minimum absolute atomic E-state index is 0.351. The van der Waals surface area contributed by atoms with Gasteiger partial charge in [-0.25, -0.2) is 13.1 Å². The Balaban J connectivity index is 3.71. The highest BCUT2D eigenvalue weighted by atomic mass is 32.2. The molecule has 2 N–H and O–H groups in total. The maximum absolute atomic E-state index is 11.8. The SMILES string of the molecule is CCCCOCCNS(=O)(=O)C(C)CNCCC. The number of rotatable bonds is 12.